The molecule has 1 aliphatic rings. The number of rotatable bonds is 5. The largest absolute Gasteiger partial charge is 0.355 e. The number of nitrogens with zero attached hydrogens (tertiary/aromatic N) is 3. The molecule has 1 aromatic rings. The van der Waals surface area contributed by atoms with Crippen LogP contribution in [0.5, 0.6) is 0 Å². The van der Waals surface area contributed by atoms with Gasteiger partial charge in [-0.25, -0.2) is 4.98 Å². The summed E-state index contributed by atoms with van der Waals surface area (Å²) in [4.78, 5) is 10.8. The minimum atomic E-state index is -0.869. The molecule has 25 heavy (non-hydrogen) atoms. The summed E-state index contributed by atoms with van der Waals surface area (Å²) < 4.78 is 11.9. The van der Waals surface area contributed by atoms with E-state index < -0.39 is 10.8 Å². The van der Waals surface area contributed by atoms with Crippen molar-refractivity contribution in [3.63, 3.8) is 0 Å². The number of pyridine rings is 1. The van der Waals surface area contributed by atoms with Crippen molar-refractivity contribution < 1.29 is 4.21 Å². The minimum absolute atomic E-state index is 0.188. The summed E-state index contributed by atoms with van der Waals surface area (Å²) in [5, 5.41) is 7.35. The number of anilines is 1. The van der Waals surface area contributed by atoms with Crippen molar-refractivity contribution in [3.05, 3.63) is 23.4 Å². The topological polar surface area (TPSA) is 69.6 Å². The Bertz CT molecular complexity index is 632. The van der Waals surface area contributed by atoms with E-state index in [0.29, 0.717) is 17.3 Å². The number of hydrogen-bond acceptors (Lipinski definition) is 4. The number of nitrogens with one attached hydrogen (secondary N) is 2. The van der Waals surface area contributed by atoms with Crippen LogP contribution >= 0.6 is 11.6 Å². The number of halogens is 1. The second-order valence-corrected chi connectivity index (χ2v) is 9.78. The normalized spacial score (nSPS) is 19.8. The number of hydrogen-bond donors (Lipinski definition) is 2. The van der Waals surface area contributed by atoms with E-state index in [2.05, 4.69) is 25.5 Å². The van der Waals surface area contributed by atoms with Gasteiger partial charge < -0.3 is 15.5 Å². The Morgan fingerprint density at radius 1 is 1.52 bits per heavy atom. The average molecular weight is 386 g/mol. The lowest BCUT2D eigenvalue weighted by molar-refractivity contribution is 0.641. The first kappa shape index (κ1) is 20.0. The first-order chi connectivity index (χ1) is 11.8. The van der Waals surface area contributed by atoms with Gasteiger partial charge in [-0.3, -0.25) is 9.20 Å². The highest BCUT2D eigenvalue weighted by atomic mass is 35.5. The molecule has 8 heteroatoms. The molecule has 0 aliphatic carbocycles. The molecule has 1 aromatic heterocycles. The molecular formula is C17H28ClN5OS. The van der Waals surface area contributed by atoms with Gasteiger partial charge in [0.15, 0.2) is 5.96 Å². The quantitative estimate of drug-likeness (QED) is 0.599. The zero-order chi connectivity index (χ0) is 18.4. The van der Waals surface area contributed by atoms with Crippen molar-refractivity contribution in [1.82, 2.24) is 15.6 Å². The highest BCUT2D eigenvalue weighted by Gasteiger charge is 2.25. The van der Waals surface area contributed by atoms with Gasteiger partial charge in [0.1, 0.15) is 5.82 Å². The Balaban J connectivity index is 1.81. The lowest BCUT2D eigenvalue weighted by Gasteiger charge is -2.21. The Morgan fingerprint density at radius 3 is 2.92 bits per heavy atom. The fourth-order valence-corrected chi connectivity index (χ4v) is 3.78. The predicted molar refractivity (Wildman–Crippen MR) is 107 cm³/mol. The van der Waals surface area contributed by atoms with Crippen LogP contribution in [0.1, 0.15) is 27.2 Å². The van der Waals surface area contributed by atoms with Crippen LogP contribution in [0.25, 0.3) is 0 Å². The Labute approximate surface area is 157 Å². The summed E-state index contributed by atoms with van der Waals surface area (Å²) in [7, 11) is 0.879. The van der Waals surface area contributed by atoms with Gasteiger partial charge in [-0.1, -0.05) is 11.6 Å². The number of aliphatic imine (C=N–C) groups is 1. The fraction of sp³-hybridized carbons (Fsp3) is 0.647. The van der Waals surface area contributed by atoms with Gasteiger partial charge >= 0.3 is 0 Å². The lowest BCUT2D eigenvalue weighted by atomic mass is 10.3. The molecule has 0 spiro atoms. The molecule has 2 atom stereocenters. The van der Waals surface area contributed by atoms with E-state index in [-0.39, 0.29) is 10.8 Å². The first-order valence-electron chi connectivity index (χ1n) is 8.52. The maximum atomic E-state index is 12.1. The van der Waals surface area contributed by atoms with E-state index in [1.165, 1.54) is 0 Å². The molecule has 0 amide bonds. The van der Waals surface area contributed by atoms with Gasteiger partial charge in [-0.2, -0.15) is 0 Å². The van der Waals surface area contributed by atoms with Crippen molar-refractivity contribution in [3.8, 4) is 0 Å². The Hall–Kier alpha value is -1.34. The summed E-state index contributed by atoms with van der Waals surface area (Å²) in [5.74, 6) is 2.17. The molecule has 140 valence electrons. The van der Waals surface area contributed by atoms with Gasteiger partial charge in [-0.05, 0) is 39.3 Å². The predicted octanol–water partition coefficient (Wildman–Crippen LogP) is 2.03. The molecule has 2 rings (SSSR count). The Kier molecular flexibility index (Phi) is 7.07. The van der Waals surface area contributed by atoms with Crippen LogP contribution in [0.4, 0.5) is 5.82 Å². The molecule has 0 radical (unpaired) electrons. The van der Waals surface area contributed by atoms with Crippen LogP contribution in [0.3, 0.4) is 0 Å². The minimum Gasteiger partial charge on any atom is -0.355 e. The second kappa shape index (κ2) is 8.85. The summed E-state index contributed by atoms with van der Waals surface area (Å²) in [6.07, 6.45) is 2.75. The van der Waals surface area contributed by atoms with Crippen molar-refractivity contribution in [2.45, 2.75) is 38.0 Å². The lowest BCUT2D eigenvalue weighted by Crippen LogP contribution is -2.46. The Morgan fingerprint density at radius 2 is 2.28 bits per heavy atom. The highest BCUT2D eigenvalue weighted by Crippen LogP contribution is 2.25. The van der Waals surface area contributed by atoms with Crippen molar-refractivity contribution in [2.24, 2.45) is 4.99 Å². The van der Waals surface area contributed by atoms with E-state index in [9.17, 15) is 4.21 Å². The molecule has 2 N–H and O–H groups in total. The molecule has 2 heterocycles. The maximum Gasteiger partial charge on any atom is 0.191 e. The van der Waals surface area contributed by atoms with Crippen molar-refractivity contribution >= 4 is 34.2 Å². The molecule has 6 nitrogen and oxygen atoms in total. The summed E-state index contributed by atoms with van der Waals surface area (Å²) in [6, 6.07) is 3.98. The van der Waals surface area contributed by atoms with Gasteiger partial charge in [0.25, 0.3) is 0 Å². The number of aromatic nitrogens is 1. The average Bonchev–Trinajstić information content (AvgIpc) is 3.01. The molecule has 0 bridgehead atoms. The van der Waals surface area contributed by atoms with Crippen LogP contribution in [0.2, 0.25) is 5.02 Å². The number of guanidine groups is 1. The first-order valence-corrected chi connectivity index (χ1v) is 10.2. The molecule has 2 unspecified atom stereocenters. The zero-order valence-corrected chi connectivity index (χ0v) is 17.0. The smallest absolute Gasteiger partial charge is 0.191 e. The van der Waals surface area contributed by atoms with Crippen LogP contribution < -0.4 is 15.5 Å². The molecule has 1 saturated heterocycles. The second-order valence-electron chi connectivity index (χ2n) is 7.05. The standard InChI is InChI=1S/C17H28ClN5OS/c1-17(2,3)25(24)11-9-21-16(19-4)22-13-7-10-23(12-13)15-14(18)6-5-8-20-15/h5-6,8,13H,7,9-12H2,1-4H3,(H2,19,21,22). The molecule has 0 aromatic carbocycles. The van der Waals surface area contributed by atoms with Gasteiger partial charge in [0.05, 0.1) is 5.02 Å². The van der Waals surface area contributed by atoms with E-state index in [1.54, 1.807) is 13.2 Å². The van der Waals surface area contributed by atoms with Crippen LogP contribution in [0, 0.1) is 0 Å². The SMILES string of the molecule is CN=C(NCCS(=O)C(C)(C)C)NC1CCN(c2ncccc2Cl)C1. The van der Waals surface area contributed by atoms with E-state index in [1.807, 2.05) is 32.9 Å². The molecular weight excluding hydrogens is 358 g/mol. The monoisotopic (exact) mass is 385 g/mol. The van der Waals surface area contributed by atoms with E-state index >= 15 is 0 Å². The van der Waals surface area contributed by atoms with Gasteiger partial charge in [0.2, 0.25) is 0 Å². The van der Waals surface area contributed by atoms with Crippen LogP contribution in [0.15, 0.2) is 23.3 Å². The van der Waals surface area contributed by atoms with Crippen LogP contribution in [-0.4, -0.2) is 58.4 Å². The van der Waals surface area contributed by atoms with Crippen LogP contribution in [-0.2, 0) is 10.8 Å². The molecule has 0 saturated carbocycles. The summed E-state index contributed by atoms with van der Waals surface area (Å²) >= 11 is 6.23. The van der Waals surface area contributed by atoms with Gasteiger partial charge in [-0.15, -0.1) is 0 Å². The maximum absolute atomic E-state index is 12.1. The third kappa shape index (κ3) is 5.85. The summed E-state index contributed by atoms with van der Waals surface area (Å²) in [5.41, 5.74) is 0. The zero-order valence-electron chi connectivity index (χ0n) is 15.4. The third-order valence-electron chi connectivity index (χ3n) is 4.05. The van der Waals surface area contributed by atoms with E-state index in [4.69, 9.17) is 11.6 Å². The molecule has 1 aliphatic heterocycles. The third-order valence-corrected chi connectivity index (χ3v) is 6.29. The molecule has 1 fully saturated rings. The fourth-order valence-electron chi connectivity index (χ4n) is 2.64. The highest BCUT2D eigenvalue weighted by molar-refractivity contribution is 7.86. The summed E-state index contributed by atoms with van der Waals surface area (Å²) in [6.45, 7) is 8.33. The van der Waals surface area contributed by atoms with E-state index in [0.717, 1.165) is 31.3 Å². The van der Waals surface area contributed by atoms with Crippen molar-refractivity contribution in [2.75, 3.05) is 37.3 Å². The van der Waals surface area contributed by atoms with Crippen molar-refractivity contribution in [1.29, 1.82) is 0 Å². The van der Waals surface area contributed by atoms with Gasteiger partial charge in [0, 0.05) is 60.2 Å².